The van der Waals surface area contributed by atoms with Crippen LogP contribution in [0.4, 0.5) is 0 Å². The number of aliphatic carboxylic acids is 2. The van der Waals surface area contributed by atoms with Crippen LogP contribution in [0, 0.1) is 16.7 Å². The average Bonchev–Trinajstić information content (AvgIpc) is 2.61. The molecule has 0 heterocycles. The van der Waals surface area contributed by atoms with Crippen molar-refractivity contribution >= 4 is 11.9 Å². The lowest BCUT2D eigenvalue weighted by molar-refractivity contribution is -0.173. The summed E-state index contributed by atoms with van der Waals surface area (Å²) in [5.74, 6) is -3.40. The molecule has 3 atom stereocenters. The average molecular weight is 387 g/mol. The first kappa shape index (κ1) is 23.7. The molecule has 28 heavy (non-hydrogen) atoms. The summed E-state index contributed by atoms with van der Waals surface area (Å²) in [4.78, 5) is 25.1. The van der Waals surface area contributed by atoms with E-state index in [0.717, 1.165) is 11.1 Å². The summed E-state index contributed by atoms with van der Waals surface area (Å²) in [6, 6.07) is 9.26. The van der Waals surface area contributed by atoms with Crippen molar-refractivity contribution in [1.82, 2.24) is 0 Å². The molecule has 154 valence electrons. The Morgan fingerprint density at radius 2 is 1.61 bits per heavy atom. The Morgan fingerprint density at radius 1 is 1.07 bits per heavy atom. The van der Waals surface area contributed by atoms with Gasteiger partial charge in [-0.15, -0.1) is 6.58 Å². The van der Waals surface area contributed by atoms with E-state index >= 15 is 0 Å². The minimum Gasteiger partial charge on any atom is -0.481 e. The van der Waals surface area contributed by atoms with Crippen molar-refractivity contribution in [2.75, 3.05) is 0 Å². The zero-order chi connectivity index (χ0) is 21.8. The Balaban J connectivity index is 3.63. The molecule has 4 heteroatoms. The van der Waals surface area contributed by atoms with Gasteiger partial charge in [-0.3, -0.25) is 9.59 Å². The Morgan fingerprint density at radius 3 is 2.00 bits per heavy atom. The number of benzene rings is 1. The van der Waals surface area contributed by atoms with Gasteiger partial charge in [0.1, 0.15) is 0 Å². The molecule has 0 fully saturated rings. The van der Waals surface area contributed by atoms with Gasteiger partial charge < -0.3 is 10.2 Å². The van der Waals surface area contributed by atoms with Crippen molar-refractivity contribution in [3.05, 3.63) is 60.2 Å². The predicted octanol–water partition coefficient (Wildman–Crippen LogP) is 5.69. The molecule has 0 aliphatic rings. The molecule has 0 saturated heterocycles. The van der Waals surface area contributed by atoms with Gasteiger partial charge in [-0.25, -0.2) is 0 Å². The molecule has 0 aromatic heterocycles. The standard InChI is InChI=1S/C24H34O4/c1-8-23(6,16-12-13-17(2)3)19(20(25)26)24(7,21(27)28)22(4,5)18-14-10-9-11-15-18/h8-11,13-15,19H,1,12,16H2,2-7H3,(H,25,26)(H,27,28). The van der Waals surface area contributed by atoms with Gasteiger partial charge in [-0.1, -0.05) is 68.8 Å². The molecular weight excluding hydrogens is 352 g/mol. The summed E-state index contributed by atoms with van der Waals surface area (Å²) >= 11 is 0. The van der Waals surface area contributed by atoms with Crippen LogP contribution in [0.25, 0.3) is 0 Å². The third-order valence-electron chi connectivity index (χ3n) is 6.42. The number of carboxylic acid groups (broad SMARTS) is 2. The topological polar surface area (TPSA) is 74.6 Å². The van der Waals surface area contributed by atoms with E-state index in [1.165, 1.54) is 0 Å². The fourth-order valence-electron chi connectivity index (χ4n) is 4.13. The molecule has 0 aliphatic heterocycles. The molecule has 0 aliphatic carbocycles. The number of hydrogen-bond donors (Lipinski definition) is 2. The summed E-state index contributed by atoms with van der Waals surface area (Å²) in [5.41, 5.74) is -1.44. The van der Waals surface area contributed by atoms with Crippen LogP contribution >= 0.6 is 0 Å². The van der Waals surface area contributed by atoms with Crippen molar-refractivity contribution in [3.8, 4) is 0 Å². The normalized spacial score (nSPS) is 16.9. The first-order valence-electron chi connectivity index (χ1n) is 9.63. The monoisotopic (exact) mass is 386 g/mol. The van der Waals surface area contributed by atoms with Gasteiger partial charge in [0, 0.05) is 5.41 Å². The molecule has 0 bridgehead atoms. The van der Waals surface area contributed by atoms with Crippen LogP contribution in [0.3, 0.4) is 0 Å². The number of carboxylic acids is 2. The Bertz CT molecular complexity index is 743. The molecule has 0 spiro atoms. The quantitative estimate of drug-likeness (QED) is 0.506. The van der Waals surface area contributed by atoms with Crippen LogP contribution in [0.5, 0.6) is 0 Å². The van der Waals surface area contributed by atoms with Gasteiger partial charge in [0.05, 0.1) is 11.3 Å². The number of rotatable bonds is 10. The highest BCUT2D eigenvalue weighted by molar-refractivity contribution is 5.86. The first-order chi connectivity index (χ1) is 12.8. The van der Waals surface area contributed by atoms with Gasteiger partial charge in [0.2, 0.25) is 0 Å². The lowest BCUT2D eigenvalue weighted by Crippen LogP contribution is -2.57. The molecule has 2 N–H and O–H groups in total. The molecular formula is C24H34O4. The number of hydrogen-bond acceptors (Lipinski definition) is 2. The van der Waals surface area contributed by atoms with E-state index in [1.807, 2.05) is 64.1 Å². The van der Waals surface area contributed by atoms with E-state index in [1.54, 1.807) is 19.9 Å². The van der Waals surface area contributed by atoms with Crippen LogP contribution in [-0.4, -0.2) is 22.2 Å². The second-order valence-corrected chi connectivity index (χ2v) is 8.80. The molecule has 1 aromatic carbocycles. The van der Waals surface area contributed by atoms with Crippen LogP contribution in [0.1, 0.15) is 59.9 Å². The minimum atomic E-state index is -1.56. The van der Waals surface area contributed by atoms with E-state index in [-0.39, 0.29) is 0 Å². The molecule has 3 unspecified atom stereocenters. The summed E-state index contributed by atoms with van der Waals surface area (Å²) in [6.07, 6.45) is 4.83. The lowest BCUT2D eigenvalue weighted by atomic mass is 9.51. The maximum atomic E-state index is 12.6. The second-order valence-electron chi connectivity index (χ2n) is 8.80. The Hall–Kier alpha value is -2.36. The largest absolute Gasteiger partial charge is 0.481 e. The Labute approximate surface area is 169 Å². The van der Waals surface area contributed by atoms with E-state index < -0.39 is 34.1 Å². The van der Waals surface area contributed by atoms with Crippen molar-refractivity contribution in [3.63, 3.8) is 0 Å². The van der Waals surface area contributed by atoms with Gasteiger partial charge >= 0.3 is 11.9 Å². The van der Waals surface area contributed by atoms with Crippen LogP contribution in [-0.2, 0) is 15.0 Å². The van der Waals surface area contributed by atoms with E-state index in [2.05, 4.69) is 6.58 Å². The fraction of sp³-hybridized carbons (Fsp3) is 0.500. The number of allylic oxidation sites excluding steroid dienone is 3. The molecule has 0 amide bonds. The van der Waals surface area contributed by atoms with Crippen LogP contribution in [0.15, 0.2) is 54.6 Å². The minimum absolute atomic E-state index is 0.506. The molecule has 0 radical (unpaired) electrons. The van der Waals surface area contributed by atoms with E-state index in [9.17, 15) is 19.8 Å². The van der Waals surface area contributed by atoms with Gasteiger partial charge in [0.15, 0.2) is 0 Å². The van der Waals surface area contributed by atoms with Gasteiger partial charge in [0.25, 0.3) is 0 Å². The SMILES string of the molecule is C=CC(C)(CCC=C(C)C)C(C(=O)O)C(C)(C(=O)O)C(C)(C)c1ccccc1. The first-order valence-corrected chi connectivity index (χ1v) is 9.63. The molecule has 4 nitrogen and oxygen atoms in total. The Kier molecular flexibility index (Phi) is 7.41. The summed E-state index contributed by atoms with van der Waals surface area (Å²) in [5, 5.41) is 20.5. The zero-order valence-electron chi connectivity index (χ0n) is 18.0. The number of carbonyl (C=O) groups is 2. The highest BCUT2D eigenvalue weighted by atomic mass is 16.4. The van der Waals surface area contributed by atoms with Gasteiger partial charge in [-0.2, -0.15) is 0 Å². The van der Waals surface area contributed by atoms with E-state index in [4.69, 9.17) is 0 Å². The molecule has 1 aromatic rings. The van der Waals surface area contributed by atoms with Crippen molar-refractivity contribution in [1.29, 1.82) is 0 Å². The smallest absolute Gasteiger partial charge is 0.311 e. The van der Waals surface area contributed by atoms with Crippen molar-refractivity contribution < 1.29 is 19.8 Å². The third kappa shape index (κ3) is 4.37. The highest BCUT2D eigenvalue weighted by Gasteiger charge is 2.60. The van der Waals surface area contributed by atoms with Crippen molar-refractivity contribution in [2.24, 2.45) is 16.7 Å². The second kappa shape index (κ2) is 8.76. The fourth-order valence-corrected chi connectivity index (χ4v) is 4.13. The zero-order valence-corrected chi connectivity index (χ0v) is 18.0. The summed E-state index contributed by atoms with van der Waals surface area (Å²) < 4.78 is 0. The van der Waals surface area contributed by atoms with Crippen LogP contribution in [0.2, 0.25) is 0 Å². The molecule has 0 saturated carbocycles. The maximum absolute atomic E-state index is 12.6. The molecule has 1 rings (SSSR count). The van der Waals surface area contributed by atoms with Crippen molar-refractivity contribution in [2.45, 2.75) is 59.8 Å². The van der Waals surface area contributed by atoms with Crippen LogP contribution < -0.4 is 0 Å². The third-order valence-corrected chi connectivity index (χ3v) is 6.42. The van der Waals surface area contributed by atoms with Gasteiger partial charge in [-0.05, 0) is 44.6 Å². The highest BCUT2D eigenvalue weighted by Crippen LogP contribution is 2.54. The predicted molar refractivity (Wildman–Crippen MR) is 113 cm³/mol. The maximum Gasteiger partial charge on any atom is 0.311 e. The summed E-state index contributed by atoms with van der Waals surface area (Å²) in [6.45, 7) is 14.8. The summed E-state index contributed by atoms with van der Waals surface area (Å²) in [7, 11) is 0. The van der Waals surface area contributed by atoms with E-state index in [0.29, 0.717) is 12.8 Å². The lowest BCUT2D eigenvalue weighted by Gasteiger charge is -2.50.